The highest BCUT2D eigenvalue weighted by molar-refractivity contribution is 5.80. The minimum Gasteiger partial charge on any atom is -0.406 e. The topological polar surface area (TPSA) is 91.1 Å². The van der Waals surface area contributed by atoms with Crippen LogP contribution in [0.3, 0.4) is 0 Å². The average Bonchev–Trinajstić information content (AvgIpc) is 2.97. The summed E-state index contributed by atoms with van der Waals surface area (Å²) in [5, 5.41) is 4.71. The molecule has 9 heteroatoms. The molecule has 0 amide bonds. The molecule has 1 aromatic carbocycles. The van der Waals surface area contributed by atoms with Crippen LogP contribution in [0.4, 0.5) is 13.2 Å². The molecule has 1 aromatic heterocycles. The molecule has 0 bridgehead atoms. The molecule has 0 saturated heterocycles. The van der Waals surface area contributed by atoms with Crippen molar-refractivity contribution < 1.29 is 17.9 Å². The van der Waals surface area contributed by atoms with Gasteiger partial charge in [0.15, 0.2) is 0 Å². The highest BCUT2D eigenvalue weighted by Crippen LogP contribution is 2.30. The lowest BCUT2D eigenvalue weighted by atomic mass is 9.98. The van der Waals surface area contributed by atoms with E-state index in [0.717, 1.165) is 41.8 Å². The number of aromatic nitrogens is 2. The average molecular weight is 409 g/mol. The van der Waals surface area contributed by atoms with Crippen molar-refractivity contribution in [1.29, 1.82) is 0 Å². The van der Waals surface area contributed by atoms with Gasteiger partial charge in [-0.05, 0) is 51.0 Å². The van der Waals surface area contributed by atoms with E-state index in [1.165, 1.54) is 30.5 Å². The van der Waals surface area contributed by atoms with Crippen LogP contribution in [0.5, 0.6) is 5.75 Å². The molecule has 0 atom stereocenters. The van der Waals surface area contributed by atoms with Crippen LogP contribution >= 0.6 is 0 Å². The number of halogens is 3. The van der Waals surface area contributed by atoms with Gasteiger partial charge < -0.3 is 15.9 Å². The summed E-state index contributed by atoms with van der Waals surface area (Å²) in [6.45, 7) is 5.85. The molecule has 0 spiro atoms. The van der Waals surface area contributed by atoms with Gasteiger partial charge in [-0.25, -0.2) is 4.68 Å². The number of rotatable bonds is 8. The van der Waals surface area contributed by atoms with Crippen LogP contribution in [0.2, 0.25) is 0 Å². The molecule has 0 fully saturated rings. The fourth-order valence-electron chi connectivity index (χ4n) is 3.09. The fourth-order valence-corrected chi connectivity index (χ4v) is 3.09. The molecular formula is C20H26F3N5O. The molecule has 5 N–H and O–H groups in total. The van der Waals surface area contributed by atoms with Crippen molar-refractivity contribution in [2.24, 2.45) is 11.6 Å². The van der Waals surface area contributed by atoms with Gasteiger partial charge in [0, 0.05) is 23.0 Å². The monoisotopic (exact) mass is 409 g/mol. The highest BCUT2D eigenvalue weighted by atomic mass is 19.4. The van der Waals surface area contributed by atoms with Gasteiger partial charge >= 0.3 is 6.36 Å². The van der Waals surface area contributed by atoms with Crippen LogP contribution in [-0.4, -0.2) is 16.1 Å². The van der Waals surface area contributed by atoms with Crippen LogP contribution in [-0.2, 0) is 6.42 Å². The lowest BCUT2D eigenvalue weighted by Crippen LogP contribution is -2.17. The highest BCUT2D eigenvalue weighted by Gasteiger charge is 2.31. The molecule has 0 aliphatic carbocycles. The summed E-state index contributed by atoms with van der Waals surface area (Å²) in [6.07, 6.45) is 1.33. The number of alkyl halides is 3. The minimum absolute atomic E-state index is 0.284. The lowest BCUT2D eigenvalue weighted by Gasteiger charge is -2.11. The van der Waals surface area contributed by atoms with Crippen LogP contribution in [0.15, 0.2) is 42.2 Å². The van der Waals surface area contributed by atoms with Gasteiger partial charge in [-0.3, -0.25) is 5.84 Å². The van der Waals surface area contributed by atoms with Crippen LogP contribution in [0.25, 0.3) is 11.3 Å². The van der Waals surface area contributed by atoms with Gasteiger partial charge in [0.25, 0.3) is 0 Å². The Balaban J connectivity index is 2.51. The summed E-state index contributed by atoms with van der Waals surface area (Å²) >= 11 is 0. The van der Waals surface area contributed by atoms with Crippen molar-refractivity contribution >= 4 is 5.57 Å². The van der Waals surface area contributed by atoms with E-state index in [-0.39, 0.29) is 5.75 Å². The number of hydrogen-bond donors (Lipinski definition) is 3. The van der Waals surface area contributed by atoms with E-state index in [0.29, 0.717) is 11.4 Å². The molecule has 1 heterocycles. The molecule has 6 nitrogen and oxygen atoms in total. The smallest absolute Gasteiger partial charge is 0.406 e. The number of nitrogens with one attached hydrogen (secondary N) is 1. The third-order valence-electron chi connectivity index (χ3n) is 4.38. The van der Waals surface area contributed by atoms with Crippen molar-refractivity contribution in [3.8, 4) is 11.4 Å². The van der Waals surface area contributed by atoms with Crippen LogP contribution in [0, 0.1) is 6.92 Å². The number of hydrazine groups is 1. The van der Waals surface area contributed by atoms with E-state index in [4.69, 9.17) is 16.7 Å². The second-order valence-electron chi connectivity index (χ2n) is 6.43. The normalized spacial score (nSPS) is 12.9. The largest absolute Gasteiger partial charge is 0.573 e. The Bertz CT molecular complexity index is 883. The Morgan fingerprint density at radius 1 is 1.28 bits per heavy atom. The maximum atomic E-state index is 12.4. The van der Waals surface area contributed by atoms with E-state index < -0.39 is 6.36 Å². The zero-order valence-corrected chi connectivity index (χ0v) is 16.7. The minimum atomic E-state index is -4.73. The third kappa shape index (κ3) is 5.54. The van der Waals surface area contributed by atoms with Crippen molar-refractivity contribution in [2.75, 3.05) is 0 Å². The van der Waals surface area contributed by atoms with Gasteiger partial charge in [0.2, 0.25) is 0 Å². The Hall–Kier alpha value is -2.94. The summed E-state index contributed by atoms with van der Waals surface area (Å²) in [4.78, 5) is 0. The predicted octanol–water partition coefficient (Wildman–Crippen LogP) is 4.09. The second kappa shape index (κ2) is 9.51. The molecule has 0 unspecified atom stereocenters. The van der Waals surface area contributed by atoms with E-state index in [1.807, 2.05) is 19.9 Å². The molecule has 2 rings (SSSR count). The number of benzene rings is 1. The molecule has 29 heavy (non-hydrogen) atoms. The molecule has 2 aromatic rings. The maximum Gasteiger partial charge on any atom is 0.573 e. The number of aryl methyl sites for hydroxylation is 1. The number of nitrogens with two attached hydrogens (primary N) is 2. The summed E-state index contributed by atoms with van der Waals surface area (Å²) in [5.74, 6) is 5.08. The van der Waals surface area contributed by atoms with Gasteiger partial charge in [-0.15, -0.1) is 13.2 Å². The van der Waals surface area contributed by atoms with Gasteiger partial charge in [-0.2, -0.15) is 5.10 Å². The Kier molecular flexibility index (Phi) is 7.33. The van der Waals surface area contributed by atoms with Gasteiger partial charge in [-0.1, -0.05) is 19.4 Å². The fraction of sp³-hybridized carbons (Fsp3) is 0.350. The van der Waals surface area contributed by atoms with E-state index in [1.54, 1.807) is 4.68 Å². The van der Waals surface area contributed by atoms with Gasteiger partial charge in [0.1, 0.15) is 5.75 Å². The molecule has 0 saturated carbocycles. The Morgan fingerprint density at radius 3 is 2.45 bits per heavy atom. The van der Waals surface area contributed by atoms with E-state index in [2.05, 4.69) is 17.1 Å². The van der Waals surface area contributed by atoms with Crippen molar-refractivity contribution in [3.63, 3.8) is 0 Å². The quantitative estimate of drug-likeness (QED) is 0.347. The SMILES string of the molecule is C/C=C(/C(N)=C/NN)c1c(CCCC)nn(-c2ccc(OC(F)(F)F)cc2)c1C. The maximum absolute atomic E-state index is 12.4. The van der Waals surface area contributed by atoms with Crippen molar-refractivity contribution in [2.45, 2.75) is 46.4 Å². The first-order valence-corrected chi connectivity index (χ1v) is 9.25. The van der Waals surface area contributed by atoms with Crippen LogP contribution < -0.4 is 21.7 Å². The molecular weight excluding hydrogens is 383 g/mol. The molecule has 158 valence electrons. The number of ether oxygens (including phenoxy) is 1. The first-order chi connectivity index (χ1) is 13.7. The zero-order valence-electron chi connectivity index (χ0n) is 16.7. The van der Waals surface area contributed by atoms with Gasteiger partial charge in [0.05, 0.1) is 17.1 Å². The predicted molar refractivity (Wildman–Crippen MR) is 107 cm³/mol. The van der Waals surface area contributed by atoms with E-state index in [9.17, 15) is 13.2 Å². The summed E-state index contributed by atoms with van der Waals surface area (Å²) < 4.78 is 42.8. The standard InChI is InChI=1S/C20H26F3N5O/c1-4-6-7-18-19(16(5-2)17(24)12-26-25)13(3)28(27-18)14-8-10-15(11-9-14)29-20(21,22)23/h5,8-12,26H,4,6-7,24-25H2,1-3H3/b16-5-,17-12-. The molecule has 0 aliphatic heterocycles. The first-order valence-electron chi connectivity index (χ1n) is 9.25. The lowest BCUT2D eigenvalue weighted by molar-refractivity contribution is -0.274. The Morgan fingerprint density at radius 2 is 1.93 bits per heavy atom. The summed E-state index contributed by atoms with van der Waals surface area (Å²) in [5.41, 5.74) is 13.0. The molecule has 0 radical (unpaired) electrons. The number of nitrogens with zero attached hydrogens (tertiary/aromatic N) is 2. The zero-order chi connectivity index (χ0) is 21.6. The second-order valence-corrected chi connectivity index (χ2v) is 6.43. The summed E-state index contributed by atoms with van der Waals surface area (Å²) in [7, 11) is 0. The van der Waals surface area contributed by atoms with Crippen LogP contribution in [0.1, 0.15) is 43.6 Å². The Labute approximate surface area is 168 Å². The molecule has 0 aliphatic rings. The number of unbranched alkanes of at least 4 members (excludes halogenated alkanes) is 1. The third-order valence-corrected chi connectivity index (χ3v) is 4.38. The van der Waals surface area contributed by atoms with E-state index >= 15 is 0 Å². The van der Waals surface area contributed by atoms with Crippen molar-refractivity contribution in [3.05, 3.63) is 59.2 Å². The summed E-state index contributed by atoms with van der Waals surface area (Å²) in [6, 6.07) is 5.59. The first kappa shape index (κ1) is 22.4. The number of allylic oxidation sites excluding steroid dienone is 2. The number of hydrogen-bond acceptors (Lipinski definition) is 5. The van der Waals surface area contributed by atoms with Crippen molar-refractivity contribution in [1.82, 2.24) is 15.2 Å².